The van der Waals surface area contributed by atoms with E-state index in [-0.39, 0.29) is 18.4 Å². The number of nitrogens with zero attached hydrogens (tertiary/aromatic N) is 6. The van der Waals surface area contributed by atoms with Gasteiger partial charge in [0.2, 0.25) is 5.95 Å². The molecule has 0 saturated heterocycles. The highest BCUT2D eigenvalue weighted by atomic mass is 19.1. The van der Waals surface area contributed by atoms with Crippen LogP contribution < -0.4 is 16.3 Å². The molecular formula is C21H23FN6O2. The van der Waals surface area contributed by atoms with Gasteiger partial charge in [-0.2, -0.15) is 10.1 Å². The molecule has 1 aromatic carbocycles. The first kappa shape index (κ1) is 19.8. The number of hydrazone groups is 1. The molecule has 9 heteroatoms. The van der Waals surface area contributed by atoms with E-state index < -0.39 is 11.2 Å². The summed E-state index contributed by atoms with van der Waals surface area (Å²) in [5.41, 5.74) is 2.09. The number of rotatable bonds is 4. The highest BCUT2D eigenvalue weighted by Gasteiger charge is 2.30. The van der Waals surface area contributed by atoms with Gasteiger partial charge in [-0.1, -0.05) is 24.3 Å². The van der Waals surface area contributed by atoms with Crippen LogP contribution in [0.25, 0.3) is 11.2 Å². The Hall–Kier alpha value is -3.49. The van der Waals surface area contributed by atoms with Crippen molar-refractivity contribution < 1.29 is 4.39 Å². The summed E-state index contributed by atoms with van der Waals surface area (Å²) in [5.74, 6) is 0.123. The first-order chi connectivity index (χ1) is 14.2. The van der Waals surface area contributed by atoms with E-state index in [1.165, 1.54) is 16.7 Å². The molecule has 4 rings (SSSR count). The molecule has 0 saturated carbocycles. The average molecular weight is 410 g/mol. The summed E-state index contributed by atoms with van der Waals surface area (Å²) in [5, 5.41) is 6.29. The van der Waals surface area contributed by atoms with Crippen LogP contribution in [0.4, 0.5) is 10.3 Å². The molecule has 0 bridgehead atoms. The smallest absolute Gasteiger partial charge is 0.294 e. The fourth-order valence-corrected chi connectivity index (χ4v) is 3.66. The van der Waals surface area contributed by atoms with E-state index in [1.54, 1.807) is 24.2 Å². The third kappa shape index (κ3) is 3.06. The van der Waals surface area contributed by atoms with Crippen molar-refractivity contribution in [1.82, 2.24) is 18.7 Å². The summed E-state index contributed by atoms with van der Waals surface area (Å²) >= 11 is 0. The maximum Gasteiger partial charge on any atom is 0.332 e. The van der Waals surface area contributed by atoms with Gasteiger partial charge in [0.05, 0.1) is 24.8 Å². The van der Waals surface area contributed by atoms with Gasteiger partial charge in [-0.15, -0.1) is 0 Å². The molecule has 3 aromatic rings. The molecule has 0 unspecified atom stereocenters. The van der Waals surface area contributed by atoms with Crippen molar-refractivity contribution in [2.45, 2.75) is 33.4 Å². The molecule has 0 spiro atoms. The third-order valence-electron chi connectivity index (χ3n) is 5.33. The number of imidazole rings is 1. The fraction of sp³-hybridized carbons (Fsp3) is 0.333. The van der Waals surface area contributed by atoms with E-state index in [0.29, 0.717) is 29.2 Å². The van der Waals surface area contributed by atoms with E-state index in [2.05, 4.69) is 16.7 Å². The molecule has 156 valence electrons. The van der Waals surface area contributed by atoms with Crippen molar-refractivity contribution in [2.24, 2.45) is 12.1 Å². The number of halogens is 1. The average Bonchev–Trinajstić information content (AvgIpc) is 3.10. The number of benzene rings is 1. The van der Waals surface area contributed by atoms with Gasteiger partial charge in [0.15, 0.2) is 11.2 Å². The molecular weight excluding hydrogens is 387 g/mol. The summed E-state index contributed by atoms with van der Waals surface area (Å²) in [6, 6.07) is 5.54. The van der Waals surface area contributed by atoms with E-state index in [1.807, 2.05) is 25.3 Å². The minimum atomic E-state index is -0.482. The van der Waals surface area contributed by atoms with Crippen LogP contribution in [0.1, 0.15) is 32.4 Å². The predicted molar refractivity (Wildman–Crippen MR) is 115 cm³/mol. The highest BCUT2D eigenvalue weighted by Crippen LogP contribution is 2.30. The van der Waals surface area contributed by atoms with Crippen LogP contribution in [0.15, 0.2) is 51.1 Å². The predicted octanol–water partition coefficient (Wildman–Crippen LogP) is 2.42. The molecule has 30 heavy (non-hydrogen) atoms. The van der Waals surface area contributed by atoms with Crippen molar-refractivity contribution in [1.29, 1.82) is 0 Å². The summed E-state index contributed by atoms with van der Waals surface area (Å²) in [4.78, 5) is 31.0. The Kier molecular flexibility index (Phi) is 4.68. The first-order valence-electron chi connectivity index (χ1n) is 9.62. The van der Waals surface area contributed by atoms with E-state index in [9.17, 15) is 14.0 Å². The van der Waals surface area contributed by atoms with Crippen molar-refractivity contribution in [2.75, 3.05) is 11.6 Å². The Morgan fingerprint density at radius 1 is 1.23 bits per heavy atom. The SMILES string of the molecule is C=C(C)CN1N=C(C)[C@H](C)n2c1nc1c2c(=O)n(Cc2ccc(F)cc2)c(=O)n1C. The lowest BCUT2D eigenvalue weighted by molar-refractivity contribution is 0.621. The van der Waals surface area contributed by atoms with Crippen LogP contribution in [0.3, 0.4) is 0 Å². The molecule has 1 aliphatic rings. The van der Waals surface area contributed by atoms with Crippen LogP contribution in [0, 0.1) is 5.82 Å². The van der Waals surface area contributed by atoms with E-state index >= 15 is 0 Å². The first-order valence-corrected chi connectivity index (χ1v) is 9.62. The van der Waals surface area contributed by atoms with E-state index in [4.69, 9.17) is 0 Å². The third-order valence-corrected chi connectivity index (χ3v) is 5.33. The zero-order chi connectivity index (χ0) is 21.7. The van der Waals surface area contributed by atoms with Crippen molar-refractivity contribution >= 4 is 22.8 Å². The standard InChI is InChI=1S/C21H23FN6O2/c1-12(2)10-27-20-23-18-17(28(20)14(4)13(3)24-27)19(29)26(21(30)25(18)5)11-15-6-8-16(22)9-7-15/h6-9,14H,1,10-11H2,2-5H3/t14-/m0/s1. The fourth-order valence-electron chi connectivity index (χ4n) is 3.66. The largest absolute Gasteiger partial charge is 0.332 e. The van der Waals surface area contributed by atoms with Crippen molar-refractivity contribution in [3.63, 3.8) is 0 Å². The van der Waals surface area contributed by atoms with Crippen LogP contribution >= 0.6 is 0 Å². The van der Waals surface area contributed by atoms with Gasteiger partial charge in [0.1, 0.15) is 5.82 Å². The molecule has 1 aliphatic heterocycles. The lowest BCUT2D eigenvalue weighted by Gasteiger charge is -2.29. The second-order valence-corrected chi connectivity index (χ2v) is 7.75. The molecule has 2 aromatic heterocycles. The highest BCUT2D eigenvalue weighted by molar-refractivity contribution is 5.91. The minimum absolute atomic E-state index is 0.0408. The van der Waals surface area contributed by atoms with Gasteiger partial charge in [-0.3, -0.25) is 18.5 Å². The lowest BCUT2D eigenvalue weighted by atomic mass is 10.2. The Morgan fingerprint density at radius 3 is 2.53 bits per heavy atom. The zero-order valence-corrected chi connectivity index (χ0v) is 17.4. The Balaban J connectivity index is 1.97. The Morgan fingerprint density at radius 2 is 1.90 bits per heavy atom. The zero-order valence-electron chi connectivity index (χ0n) is 17.4. The van der Waals surface area contributed by atoms with Gasteiger partial charge in [0, 0.05) is 7.05 Å². The summed E-state index contributed by atoms with van der Waals surface area (Å²) in [7, 11) is 1.59. The van der Waals surface area contributed by atoms with Crippen molar-refractivity contribution in [3.8, 4) is 0 Å². The molecule has 0 N–H and O–H groups in total. The quantitative estimate of drug-likeness (QED) is 0.619. The van der Waals surface area contributed by atoms with Crippen LogP contribution in [0.5, 0.6) is 0 Å². The molecule has 0 fully saturated rings. The second-order valence-electron chi connectivity index (χ2n) is 7.75. The van der Waals surface area contributed by atoms with Crippen LogP contribution in [0.2, 0.25) is 0 Å². The Bertz CT molecular complexity index is 1310. The second kappa shape index (κ2) is 7.08. The summed E-state index contributed by atoms with van der Waals surface area (Å²) in [6.45, 7) is 10.2. The van der Waals surface area contributed by atoms with Gasteiger partial charge in [-0.05, 0) is 38.5 Å². The van der Waals surface area contributed by atoms with Gasteiger partial charge >= 0.3 is 5.69 Å². The molecule has 0 radical (unpaired) electrons. The number of hydrogen-bond donors (Lipinski definition) is 0. The van der Waals surface area contributed by atoms with Crippen LogP contribution in [-0.4, -0.2) is 30.9 Å². The van der Waals surface area contributed by atoms with Crippen LogP contribution in [-0.2, 0) is 13.6 Å². The minimum Gasteiger partial charge on any atom is -0.294 e. The van der Waals surface area contributed by atoms with Crippen molar-refractivity contribution in [3.05, 3.63) is 68.6 Å². The van der Waals surface area contributed by atoms with Gasteiger partial charge < -0.3 is 0 Å². The number of anilines is 1. The molecule has 0 aliphatic carbocycles. The number of hydrogen-bond acceptors (Lipinski definition) is 5. The van der Waals surface area contributed by atoms with Gasteiger partial charge in [0.25, 0.3) is 5.56 Å². The van der Waals surface area contributed by atoms with E-state index in [0.717, 1.165) is 15.9 Å². The maximum atomic E-state index is 13.4. The van der Waals surface area contributed by atoms with Gasteiger partial charge in [-0.25, -0.2) is 14.2 Å². The molecule has 1 atom stereocenters. The monoisotopic (exact) mass is 410 g/mol. The summed E-state index contributed by atoms with van der Waals surface area (Å²) < 4.78 is 17.6. The maximum absolute atomic E-state index is 13.4. The molecule has 3 heterocycles. The number of aromatic nitrogens is 4. The number of aryl methyl sites for hydroxylation is 1. The Labute approximate surface area is 172 Å². The topological polar surface area (TPSA) is 77.4 Å². The molecule has 0 amide bonds. The number of fused-ring (bicyclic) bond motifs is 3. The molecule has 8 nitrogen and oxygen atoms in total. The normalized spacial score (nSPS) is 16.0. The lowest BCUT2D eigenvalue weighted by Crippen LogP contribution is -2.40. The summed E-state index contributed by atoms with van der Waals surface area (Å²) in [6.07, 6.45) is 0.